The number of alkyl halides is 1. The van der Waals surface area contributed by atoms with Crippen LogP contribution < -0.4 is 0 Å². The molecule has 0 bridgehead atoms. The topological polar surface area (TPSA) is 37.4 Å². The molecule has 0 aromatic heterocycles. The first-order valence-corrected chi connectivity index (χ1v) is 8.11. The van der Waals surface area contributed by atoms with E-state index in [1.165, 1.54) is 0 Å². The summed E-state index contributed by atoms with van der Waals surface area (Å²) in [5, 5.41) is 0. The average Bonchev–Trinajstić information content (AvgIpc) is 2.67. The Morgan fingerprint density at radius 2 is 1.86 bits per heavy atom. The van der Waals surface area contributed by atoms with E-state index in [0.29, 0.717) is 0 Å². The van der Waals surface area contributed by atoms with E-state index >= 15 is 0 Å². The van der Waals surface area contributed by atoms with Crippen molar-refractivity contribution >= 4 is 34.3 Å². The Hall–Kier alpha value is -1.43. The summed E-state index contributed by atoms with van der Waals surface area (Å²) < 4.78 is -0.142. The van der Waals surface area contributed by atoms with Gasteiger partial charge in [-0.1, -0.05) is 59.0 Å². The third-order valence-electron chi connectivity index (χ3n) is 4.54. The van der Waals surface area contributed by atoms with Crippen LogP contribution in [0.3, 0.4) is 0 Å². The van der Waals surface area contributed by atoms with Crippen molar-refractivity contribution in [1.82, 2.24) is 4.90 Å². The molecule has 1 fully saturated rings. The molecule has 1 aromatic rings. The van der Waals surface area contributed by atoms with E-state index in [4.69, 9.17) is 0 Å². The van der Waals surface area contributed by atoms with Crippen LogP contribution in [0.5, 0.6) is 0 Å². The molecule has 0 radical (unpaired) electrons. The monoisotopic (exact) mass is 393 g/mol. The lowest BCUT2D eigenvalue weighted by Crippen LogP contribution is -2.47. The van der Waals surface area contributed by atoms with Crippen LogP contribution in [-0.4, -0.2) is 33.1 Å². The maximum absolute atomic E-state index is 12.6. The third kappa shape index (κ3) is 1.99. The van der Waals surface area contributed by atoms with Gasteiger partial charge in [0.05, 0.1) is 9.46 Å². The highest BCUT2D eigenvalue weighted by molar-refractivity contribution is 14.1. The maximum atomic E-state index is 12.6. The van der Waals surface area contributed by atoms with Crippen LogP contribution in [0.4, 0.5) is 0 Å². The first-order valence-electron chi connectivity index (χ1n) is 6.87. The van der Waals surface area contributed by atoms with Gasteiger partial charge in [-0.25, -0.2) is 0 Å². The number of ketones is 1. The number of hydrogen-bond donors (Lipinski definition) is 0. The van der Waals surface area contributed by atoms with E-state index < -0.39 is 5.54 Å². The molecule has 1 aliphatic heterocycles. The standard InChI is InChI=1S/C17H16INO2/c1-11-10-13(20)8-9-17(11)14(12-6-4-3-5-7-12)15(18)16(21)19(17)2/h3-10,14-15H,1-2H3. The van der Waals surface area contributed by atoms with Crippen LogP contribution in [0.15, 0.2) is 54.1 Å². The minimum Gasteiger partial charge on any atom is -0.331 e. The van der Waals surface area contributed by atoms with Gasteiger partial charge in [-0.15, -0.1) is 0 Å². The maximum Gasteiger partial charge on any atom is 0.237 e. The molecule has 2 aliphatic rings. The summed E-state index contributed by atoms with van der Waals surface area (Å²) in [5.41, 5.74) is 1.53. The number of rotatable bonds is 1. The molecule has 3 unspecified atom stereocenters. The van der Waals surface area contributed by atoms with Gasteiger partial charge in [0.1, 0.15) is 0 Å². The van der Waals surface area contributed by atoms with Crippen LogP contribution >= 0.6 is 22.6 Å². The molecule has 3 nitrogen and oxygen atoms in total. The first kappa shape index (κ1) is 14.5. The molecule has 1 saturated heterocycles. The van der Waals surface area contributed by atoms with Crippen molar-refractivity contribution in [3.8, 4) is 0 Å². The van der Waals surface area contributed by atoms with Crippen LogP contribution in [0.1, 0.15) is 18.4 Å². The molecular formula is C17H16INO2. The van der Waals surface area contributed by atoms with Gasteiger partial charge in [-0.2, -0.15) is 0 Å². The zero-order valence-corrected chi connectivity index (χ0v) is 14.1. The van der Waals surface area contributed by atoms with Gasteiger partial charge in [-0.3, -0.25) is 9.59 Å². The molecule has 1 heterocycles. The minimum atomic E-state index is -0.530. The van der Waals surface area contributed by atoms with Crippen LogP contribution in [0, 0.1) is 0 Å². The van der Waals surface area contributed by atoms with Crippen molar-refractivity contribution in [2.24, 2.45) is 0 Å². The molecule has 1 amide bonds. The number of likely N-dealkylation sites (tertiary alicyclic amines) is 1. The van der Waals surface area contributed by atoms with Gasteiger partial charge < -0.3 is 4.90 Å². The highest BCUT2D eigenvalue weighted by atomic mass is 127. The molecular weight excluding hydrogens is 377 g/mol. The molecule has 0 saturated carbocycles. The van der Waals surface area contributed by atoms with Crippen molar-refractivity contribution in [3.05, 3.63) is 59.7 Å². The lowest BCUT2D eigenvalue weighted by molar-refractivity contribution is -0.127. The van der Waals surface area contributed by atoms with Gasteiger partial charge in [-0.05, 0) is 30.2 Å². The van der Waals surface area contributed by atoms with Gasteiger partial charge in [0.2, 0.25) is 5.91 Å². The lowest BCUT2D eigenvalue weighted by Gasteiger charge is -2.40. The summed E-state index contributed by atoms with van der Waals surface area (Å²) in [4.78, 5) is 26.0. The molecule has 1 aliphatic carbocycles. The number of halogens is 1. The van der Waals surface area contributed by atoms with Crippen LogP contribution in [0.2, 0.25) is 0 Å². The Morgan fingerprint density at radius 1 is 1.19 bits per heavy atom. The summed E-state index contributed by atoms with van der Waals surface area (Å²) >= 11 is 2.23. The first-order chi connectivity index (χ1) is 9.98. The Kier molecular flexibility index (Phi) is 3.51. The lowest BCUT2D eigenvalue weighted by atomic mass is 9.73. The quantitative estimate of drug-likeness (QED) is 0.544. The van der Waals surface area contributed by atoms with Gasteiger partial charge in [0, 0.05) is 13.0 Å². The van der Waals surface area contributed by atoms with Crippen LogP contribution in [0.25, 0.3) is 0 Å². The summed E-state index contributed by atoms with van der Waals surface area (Å²) in [7, 11) is 1.83. The predicted molar refractivity (Wildman–Crippen MR) is 90.4 cm³/mol. The van der Waals surface area contributed by atoms with Crippen molar-refractivity contribution in [2.45, 2.75) is 22.3 Å². The van der Waals surface area contributed by atoms with Crippen molar-refractivity contribution in [2.75, 3.05) is 7.05 Å². The number of allylic oxidation sites excluding steroid dienone is 2. The number of benzene rings is 1. The smallest absolute Gasteiger partial charge is 0.237 e. The third-order valence-corrected chi connectivity index (χ3v) is 5.79. The summed E-state index contributed by atoms with van der Waals surface area (Å²) in [6.45, 7) is 1.94. The largest absolute Gasteiger partial charge is 0.331 e. The van der Waals surface area contributed by atoms with Crippen molar-refractivity contribution in [3.63, 3.8) is 0 Å². The highest BCUT2D eigenvalue weighted by Gasteiger charge is 2.57. The zero-order chi connectivity index (χ0) is 15.2. The number of carbonyl (C=O) groups excluding carboxylic acids is 2. The average molecular weight is 393 g/mol. The van der Waals surface area contributed by atoms with Crippen LogP contribution in [-0.2, 0) is 9.59 Å². The van der Waals surface area contributed by atoms with E-state index in [1.807, 2.05) is 38.2 Å². The van der Waals surface area contributed by atoms with E-state index in [2.05, 4.69) is 34.7 Å². The highest BCUT2D eigenvalue weighted by Crippen LogP contribution is 2.51. The number of amides is 1. The Balaban J connectivity index is 2.21. The fourth-order valence-electron chi connectivity index (χ4n) is 3.47. The normalized spacial score (nSPS) is 32.0. The Bertz CT molecular complexity index is 665. The SMILES string of the molecule is CC1=CC(=O)C=CC12C(c1ccccc1)C(I)C(=O)N2C. The zero-order valence-electron chi connectivity index (χ0n) is 11.9. The number of hydrogen-bond acceptors (Lipinski definition) is 2. The predicted octanol–water partition coefficient (Wildman–Crippen LogP) is 2.87. The molecule has 21 heavy (non-hydrogen) atoms. The summed E-state index contributed by atoms with van der Waals surface area (Å²) in [6, 6.07) is 10.1. The van der Waals surface area contributed by atoms with Crippen molar-refractivity contribution in [1.29, 1.82) is 0 Å². The van der Waals surface area contributed by atoms with Gasteiger partial charge in [0.25, 0.3) is 0 Å². The van der Waals surface area contributed by atoms with E-state index in [0.717, 1.165) is 11.1 Å². The number of likely N-dealkylation sites (N-methyl/N-ethyl adjacent to an activating group) is 1. The molecule has 3 rings (SSSR count). The fourth-order valence-corrected chi connectivity index (χ4v) is 4.85. The van der Waals surface area contributed by atoms with Crippen molar-refractivity contribution < 1.29 is 9.59 Å². The second kappa shape index (κ2) is 5.09. The summed E-state index contributed by atoms with van der Waals surface area (Å²) in [5.74, 6) is 0.108. The minimum absolute atomic E-state index is 0.0114. The second-order valence-electron chi connectivity index (χ2n) is 5.58. The molecule has 0 N–H and O–H groups in total. The molecule has 1 aromatic carbocycles. The Morgan fingerprint density at radius 3 is 2.48 bits per heavy atom. The second-order valence-corrected chi connectivity index (χ2v) is 6.92. The molecule has 1 spiro atoms. The van der Waals surface area contributed by atoms with E-state index in [9.17, 15) is 9.59 Å². The van der Waals surface area contributed by atoms with E-state index in [1.54, 1.807) is 17.1 Å². The summed E-state index contributed by atoms with van der Waals surface area (Å²) in [6.07, 6.45) is 5.13. The Labute approximate surface area is 137 Å². The fraction of sp³-hybridized carbons (Fsp3) is 0.294. The molecule has 108 valence electrons. The van der Waals surface area contributed by atoms with Gasteiger partial charge >= 0.3 is 0 Å². The molecule has 3 atom stereocenters. The van der Waals surface area contributed by atoms with Gasteiger partial charge in [0.15, 0.2) is 5.78 Å². The van der Waals surface area contributed by atoms with E-state index in [-0.39, 0.29) is 21.5 Å². The molecule has 4 heteroatoms. The number of carbonyl (C=O) groups is 2. The number of nitrogens with zero attached hydrogens (tertiary/aromatic N) is 1.